The molecule has 0 heterocycles. The SMILES string of the molecule is COc1ccc(CCC(=O)c2ccc(OCCCS(=O)(=O)O)cc2O)cc1O. The fourth-order valence-electron chi connectivity index (χ4n) is 2.55. The van der Waals surface area contributed by atoms with Gasteiger partial charge < -0.3 is 19.7 Å². The van der Waals surface area contributed by atoms with Gasteiger partial charge in [-0.2, -0.15) is 8.42 Å². The first-order valence-corrected chi connectivity index (χ1v) is 10.1. The van der Waals surface area contributed by atoms with Crippen LogP contribution in [0, 0.1) is 0 Å². The first-order valence-electron chi connectivity index (χ1n) is 8.49. The molecule has 152 valence electrons. The van der Waals surface area contributed by atoms with Crippen molar-refractivity contribution in [3.05, 3.63) is 47.5 Å². The summed E-state index contributed by atoms with van der Waals surface area (Å²) in [6.45, 7) is 0.0352. The molecule has 0 spiro atoms. The van der Waals surface area contributed by atoms with Crippen LogP contribution in [-0.2, 0) is 16.5 Å². The molecule has 0 amide bonds. The van der Waals surface area contributed by atoms with Crippen LogP contribution in [0.25, 0.3) is 0 Å². The maximum Gasteiger partial charge on any atom is 0.264 e. The third-order valence-corrected chi connectivity index (χ3v) is 4.77. The summed E-state index contributed by atoms with van der Waals surface area (Å²) in [5.41, 5.74) is 0.896. The summed E-state index contributed by atoms with van der Waals surface area (Å²) in [7, 11) is -2.59. The first-order chi connectivity index (χ1) is 13.2. The molecule has 2 rings (SSSR count). The molecule has 0 fully saturated rings. The van der Waals surface area contributed by atoms with E-state index in [1.807, 2.05) is 0 Å². The van der Waals surface area contributed by atoms with Gasteiger partial charge in [-0.15, -0.1) is 0 Å². The number of Topliss-reactive ketones (excluding diaryl/α,β-unsaturated/α-hetero) is 1. The lowest BCUT2D eigenvalue weighted by Gasteiger charge is -2.09. The van der Waals surface area contributed by atoms with Crippen LogP contribution in [0.15, 0.2) is 36.4 Å². The quantitative estimate of drug-likeness (QED) is 0.309. The van der Waals surface area contributed by atoms with Gasteiger partial charge in [0.2, 0.25) is 0 Å². The van der Waals surface area contributed by atoms with Gasteiger partial charge in [0, 0.05) is 12.5 Å². The number of methoxy groups -OCH3 is 1. The number of hydrogen-bond donors (Lipinski definition) is 3. The van der Waals surface area contributed by atoms with E-state index in [1.165, 1.54) is 31.4 Å². The molecule has 0 aliphatic rings. The summed E-state index contributed by atoms with van der Waals surface area (Å²) in [5, 5.41) is 19.8. The lowest BCUT2D eigenvalue weighted by molar-refractivity contribution is 0.0980. The molecule has 28 heavy (non-hydrogen) atoms. The lowest BCUT2D eigenvalue weighted by Crippen LogP contribution is -2.08. The Morgan fingerprint density at radius 3 is 2.43 bits per heavy atom. The highest BCUT2D eigenvalue weighted by Gasteiger charge is 2.13. The van der Waals surface area contributed by atoms with E-state index in [2.05, 4.69) is 0 Å². The molecular weight excluding hydrogens is 388 g/mol. The van der Waals surface area contributed by atoms with Crippen LogP contribution in [0.5, 0.6) is 23.0 Å². The predicted octanol–water partition coefficient (Wildman–Crippen LogP) is 2.58. The highest BCUT2D eigenvalue weighted by molar-refractivity contribution is 7.85. The number of carbonyl (C=O) groups excluding carboxylic acids is 1. The van der Waals surface area contributed by atoms with Crippen molar-refractivity contribution < 1.29 is 37.5 Å². The molecule has 3 N–H and O–H groups in total. The van der Waals surface area contributed by atoms with Crippen LogP contribution >= 0.6 is 0 Å². The molecular formula is C19H22O8S. The number of phenolic OH excluding ortho intramolecular Hbond substituents is 2. The Hall–Kier alpha value is -2.78. The second-order valence-electron chi connectivity index (χ2n) is 6.10. The van der Waals surface area contributed by atoms with Gasteiger partial charge in [0.15, 0.2) is 17.3 Å². The van der Waals surface area contributed by atoms with Crippen LogP contribution in [-0.4, -0.2) is 48.4 Å². The molecule has 0 radical (unpaired) electrons. The van der Waals surface area contributed by atoms with E-state index in [1.54, 1.807) is 12.1 Å². The molecule has 0 bridgehead atoms. The monoisotopic (exact) mass is 410 g/mol. The minimum atomic E-state index is -4.04. The second-order valence-corrected chi connectivity index (χ2v) is 7.67. The Bertz CT molecular complexity index is 937. The van der Waals surface area contributed by atoms with Crippen molar-refractivity contribution in [1.82, 2.24) is 0 Å². The molecule has 2 aromatic rings. The summed E-state index contributed by atoms with van der Waals surface area (Å²) >= 11 is 0. The Labute approximate surface area is 163 Å². The van der Waals surface area contributed by atoms with Crippen molar-refractivity contribution in [3.63, 3.8) is 0 Å². The zero-order valence-corrected chi connectivity index (χ0v) is 16.1. The number of aromatic hydroxyl groups is 2. The van der Waals surface area contributed by atoms with Crippen molar-refractivity contribution >= 4 is 15.9 Å². The predicted molar refractivity (Wildman–Crippen MR) is 102 cm³/mol. The summed E-state index contributed by atoms with van der Waals surface area (Å²) in [4.78, 5) is 12.3. The van der Waals surface area contributed by atoms with Crippen molar-refractivity contribution in [2.75, 3.05) is 19.5 Å². The van der Waals surface area contributed by atoms with Gasteiger partial charge in [0.25, 0.3) is 10.1 Å². The van der Waals surface area contributed by atoms with Crippen LogP contribution in [0.1, 0.15) is 28.8 Å². The zero-order chi connectivity index (χ0) is 20.7. The normalized spacial score (nSPS) is 11.2. The van der Waals surface area contributed by atoms with Crippen molar-refractivity contribution in [2.45, 2.75) is 19.3 Å². The minimum absolute atomic E-state index is 0.00852. The van der Waals surface area contributed by atoms with E-state index >= 15 is 0 Å². The van der Waals surface area contributed by atoms with Gasteiger partial charge in [0.05, 0.1) is 25.0 Å². The van der Waals surface area contributed by atoms with E-state index in [4.69, 9.17) is 14.0 Å². The van der Waals surface area contributed by atoms with Crippen molar-refractivity contribution in [2.24, 2.45) is 0 Å². The van der Waals surface area contributed by atoms with Gasteiger partial charge in [-0.25, -0.2) is 0 Å². The molecule has 0 unspecified atom stereocenters. The molecule has 0 aliphatic heterocycles. The molecule has 9 heteroatoms. The molecule has 0 saturated carbocycles. The number of ether oxygens (including phenoxy) is 2. The Morgan fingerprint density at radius 2 is 1.82 bits per heavy atom. The van der Waals surface area contributed by atoms with E-state index in [-0.39, 0.29) is 48.0 Å². The highest BCUT2D eigenvalue weighted by atomic mass is 32.2. The first kappa shape index (κ1) is 21.5. The Balaban J connectivity index is 1.92. The Kier molecular flexibility index (Phi) is 7.24. The fourth-order valence-corrected chi connectivity index (χ4v) is 3.03. The summed E-state index contributed by atoms with van der Waals surface area (Å²) in [6.07, 6.45) is 0.604. The van der Waals surface area contributed by atoms with Crippen molar-refractivity contribution in [3.8, 4) is 23.0 Å². The molecule has 2 aromatic carbocycles. The van der Waals surface area contributed by atoms with Crippen LogP contribution in [0.2, 0.25) is 0 Å². The second kappa shape index (κ2) is 9.43. The zero-order valence-electron chi connectivity index (χ0n) is 15.3. The number of benzene rings is 2. The maximum absolute atomic E-state index is 12.3. The number of rotatable bonds is 10. The van der Waals surface area contributed by atoms with Gasteiger partial charge in [-0.3, -0.25) is 9.35 Å². The maximum atomic E-state index is 12.3. The van der Waals surface area contributed by atoms with E-state index in [9.17, 15) is 23.4 Å². The third-order valence-electron chi connectivity index (χ3n) is 3.97. The van der Waals surface area contributed by atoms with Crippen LogP contribution in [0.3, 0.4) is 0 Å². The summed E-state index contributed by atoms with van der Waals surface area (Å²) in [5.74, 6) is -0.313. The van der Waals surface area contributed by atoms with Gasteiger partial charge in [0.1, 0.15) is 11.5 Å². The average molecular weight is 410 g/mol. The summed E-state index contributed by atoms with van der Waals surface area (Å²) < 4.78 is 40.2. The van der Waals surface area contributed by atoms with Crippen LogP contribution in [0.4, 0.5) is 0 Å². The molecule has 0 aliphatic carbocycles. The standard InChI is InChI=1S/C19H22O8S/c1-26-19-8-4-13(11-18(19)22)3-7-16(20)15-6-5-14(12-17(15)21)27-9-2-10-28(23,24)25/h4-6,8,11-12,21-22H,2-3,7,9-10H2,1H3,(H,23,24,25). The third kappa shape index (κ3) is 6.43. The molecule has 8 nitrogen and oxygen atoms in total. The number of ketones is 1. The van der Waals surface area contributed by atoms with Crippen LogP contribution < -0.4 is 9.47 Å². The smallest absolute Gasteiger partial charge is 0.264 e. The van der Waals surface area contributed by atoms with E-state index in [0.29, 0.717) is 12.2 Å². The van der Waals surface area contributed by atoms with Gasteiger partial charge in [-0.05, 0) is 42.7 Å². The highest BCUT2D eigenvalue weighted by Crippen LogP contribution is 2.28. The number of hydrogen-bond acceptors (Lipinski definition) is 7. The molecule has 0 aromatic heterocycles. The average Bonchev–Trinajstić information content (AvgIpc) is 2.63. The largest absolute Gasteiger partial charge is 0.507 e. The van der Waals surface area contributed by atoms with Gasteiger partial charge in [-0.1, -0.05) is 6.07 Å². The van der Waals surface area contributed by atoms with Gasteiger partial charge >= 0.3 is 0 Å². The fraction of sp³-hybridized carbons (Fsp3) is 0.316. The summed E-state index contributed by atoms with van der Waals surface area (Å²) in [6, 6.07) is 9.09. The molecule has 0 atom stereocenters. The topological polar surface area (TPSA) is 130 Å². The molecule has 0 saturated heterocycles. The van der Waals surface area contributed by atoms with E-state index in [0.717, 1.165) is 5.56 Å². The minimum Gasteiger partial charge on any atom is -0.507 e. The van der Waals surface area contributed by atoms with Crippen molar-refractivity contribution in [1.29, 1.82) is 0 Å². The number of carbonyl (C=O) groups is 1. The Morgan fingerprint density at radius 1 is 1.07 bits per heavy atom. The van der Waals surface area contributed by atoms with E-state index < -0.39 is 15.9 Å². The number of phenols is 2. The lowest BCUT2D eigenvalue weighted by atomic mass is 10.0. The number of aryl methyl sites for hydroxylation is 1.